The van der Waals surface area contributed by atoms with Gasteiger partial charge in [0.15, 0.2) is 0 Å². The van der Waals surface area contributed by atoms with Crippen LogP contribution in [0.2, 0.25) is 0 Å². The lowest BCUT2D eigenvalue weighted by Gasteiger charge is -2.34. The van der Waals surface area contributed by atoms with Crippen LogP contribution < -0.4 is 29.6 Å². The number of pyridine rings is 1. The van der Waals surface area contributed by atoms with Gasteiger partial charge in [0, 0.05) is 30.2 Å². The van der Waals surface area contributed by atoms with Gasteiger partial charge in [0.1, 0.15) is 41.8 Å². The monoisotopic (exact) mass is 895 g/mol. The Balaban J connectivity index is 1.36. The number of methoxy groups -OCH3 is 2. The molecule has 4 aliphatic rings. The fourth-order valence-corrected chi connectivity index (χ4v) is 9.25. The summed E-state index contributed by atoms with van der Waals surface area (Å²) in [6.45, 7) is 6.79. The molecule has 7 atom stereocenters. The van der Waals surface area contributed by atoms with Gasteiger partial charge < -0.3 is 39.2 Å². The summed E-state index contributed by atoms with van der Waals surface area (Å²) < 4.78 is 96.7. The maximum Gasteiger partial charge on any atom is 0.427 e. The van der Waals surface area contributed by atoms with Crippen LogP contribution in [0.15, 0.2) is 36.5 Å². The molecule has 0 spiro atoms. The van der Waals surface area contributed by atoms with Crippen molar-refractivity contribution in [1.82, 2.24) is 25.2 Å². The van der Waals surface area contributed by atoms with Crippen molar-refractivity contribution in [2.75, 3.05) is 34.0 Å². The number of carbonyl (C=O) groups excluding carboxylic acids is 4. The van der Waals surface area contributed by atoms with Crippen LogP contribution in [0.25, 0.3) is 10.8 Å². The van der Waals surface area contributed by atoms with Gasteiger partial charge in [-0.15, -0.1) is 0 Å². The summed E-state index contributed by atoms with van der Waals surface area (Å²) in [5.41, 5.74) is -4.57. The molecule has 2 aliphatic heterocycles. The highest BCUT2D eigenvalue weighted by molar-refractivity contribution is 7.91. The van der Waals surface area contributed by atoms with Gasteiger partial charge in [-0.25, -0.2) is 18.2 Å². The minimum absolute atomic E-state index is 0.0548. The van der Waals surface area contributed by atoms with Crippen LogP contribution in [-0.2, 0) is 33.9 Å². The largest absolute Gasteiger partial charge is 0.497 e. The van der Waals surface area contributed by atoms with Gasteiger partial charge in [-0.3, -0.25) is 19.1 Å². The van der Waals surface area contributed by atoms with Crippen LogP contribution in [0, 0.1) is 17.8 Å². The van der Waals surface area contributed by atoms with Crippen molar-refractivity contribution in [2.45, 2.75) is 120 Å². The van der Waals surface area contributed by atoms with Crippen LogP contribution >= 0.6 is 0 Å². The first-order chi connectivity index (χ1) is 29.0. The second-order valence-corrected chi connectivity index (χ2v) is 19.9. The van der Waals surface area contributed by atoms with E-state index in [2.05, 4.69) is 20.3 Å². The molecule has 2 aromatic rings. The third kappa shape index (κ3) is 9.85. The van der Waals surface area contributed by atoms with Crippen LogP contribution in [-0.4, -0.2) is 116 Å². The molecule has 3 N–H and O–H groups in total. The van der Waals surface area contributed by atoms with Gasteiger partial charge in [-0.1, -0.05) is 26.0 Å². The molecule has 2 aliphatic carbocycles. The number of amides is 4. The molecular weight excluding hydrogens is 840 g/mol. The molecule has 342 valence electrons. The second-order valence-electron chi connectivity index (χ2n) is 17.7. The van der Waals surface area contributed by atoms with Gasteiger partial charge in [-0.2, -0.15) is 13.2 Å². The molecule has 1 saturated heterocycles. The number of allylic oxidation sites excluding steroid dienone is 1. The highest BCUT2D eigenvalue weighted by Gasteiger charge is 2.63. The van der Waals surface area contributed by atoms with E-state index < -0.39 is 85.9 Å². The lowest BCUT2D eigenvalue weighted by atomic mass is 9.88. The van der Waals surface area contributed by atoms with Crippen LogP contribution in [0.5, 0.6) is 17.4 Å². The molecule has 1 aromatic heterocycles. The van der Waals surface area contributed by atoms with Crippen LogP contribution in [0.4, 0.5) is 18.0 Å². The molecule has 20 heteroatoms. The van der Waals surface area contributed by atoms with E-state index in [1.807, 2.05) is 13.0 Å². The van der Waals surface area contributed by atoms with Crippen LogP contribution in [0.3, 0.4) is 0 Å². The number of fused-ring (bicyclic) bond motifs is 3. The van der Waals surface area contributed by atoms with E-state index in [0.29, 0.717) is 74.8 Å². The average Bonchev–Trinajstić information content (AvgIpc) is 4.08. The van der Waals surface area contributed by atoms with E-state index in [-0.39, 0.29) is 37.8 Å². The Kier molecular flexibility index (Phi) is 13.3. The average molecular weight is 896 g/mol. The van der Waals surface area contributed by atoms with E-state index in [1.165, 1.54) is 32.2 Å². The first-order valence-electron chi connectivity index (χ1n) is 20.7. The predicted molar refractivity (Wildman–Crippen MR) is 219 cm³/mol. The maximum absolute atomic E-state index is 14.9. The maximum atomic E-state index is 14.9. The van der Waals surface area contributed by atoms with E-state index in [0.717, 1.165) is 0 Å². The number of aromatic nitrogens is 1. The number of nitrogens with one attached hydrogen (secondary N) is 3. The van der Waals surface area contributed by atoms with E-state index in [4.69, 9.17) is 23.7 Å². The molecule has 0 bridgehead atoms. The number of halogens is 3. The van der Waals surface area contributed by atoms with Crippen LogP contribution in [0.1, 0.15) is 79.6 Å². The first-order valence-corrected chi connectivity index (χ1v) is 22.2. The summed E-state index contributed by atoms with van der Waals surface area (Å²) in [7, 11) is -1.05. The van der Waals surface area contributed by atoms with Crippen molar-refractivity contribution >= 4 is 44.6 Å². The zero-order valence-electron chi connectivity index (χ0n) is 35.9. The molecule has 4 amide bonds. The van der Waals surface area contributed by atoms with E-state index in [1.54, 1.807) is 31.2 Å². The Morgan fingerprint density at radius 1 is 1.06 bits per heavy atom. The number of ether oxygens (including phenoxy) is 5. The summed E-state index contributed by atoms with van der Waals surface area (Å²) in [6.07, 6.45) is -0.0971. The standard InChI is InChI=1S/C42H56F3N5O11S/c1-24-10-8-9-11-26-21-41(26,37(53)49-62(55,56)40(5)14-15-40)48-34(51)31-20-28(60-35-29-13-12-27(58-7)19-30(29)32(22-46-35)59-17-16-57-6)23-50(31)36(52)33(25(2)18-24)47-38(54)61-39(3,4)42(43,44)45/h9,11-13,19,22,24-26,28,31,33H,8,10,14-18,20-21,23H2,1-7H3,(H,47,54)(H,48,51)(H,49,53)/b11-9-/t24-,25+,26+,28+,31-,33-,41+/m0/s1. The van der Waals surface area contributed by atoms with E-state index >= 15 is 0 Å². The number of hydrogen-bond acceptors (Lipinski definition) is 12. The topological polar surface area (TPSA) is 201 Å². The van der Waals surface area contributed by atoms with Gasteiger partial charge in [0.2, 0.25) is 33.3 Å². The highest BCUT2D eigenvalue weighted by atomic mass is 32.2. The number of alkyl carbamates (subject to hydrolysis) is 1. The smallest absolute Gasteiger partial charge is 0.427 e. The Labute approximate surface area is 359 Å². The number of nitrogens with zero attached hydrogens (tertiary/aromatic N) is 2. The zero-order valence-corrected chi connectivity index (χ0v) is 36.7. The molecule has 2 saturated carbocycles. The van der Waals surface area contributed by atoms with Crippen molar-refractivity contribution < 1.29 is 64.5 Å². The second kappa shape index (κ2) is 17.7. The number of hydrogen-bond donors (Lipinski definition) is 3. The van der Waals surface area contributed by atoms with Crippen molar-refractivity contribution in [1.29, 1.82) is 0 Å². The lowest BCUT2D eigenvalue weighted by molar-refractivity contribution is -0.244. The quantitative estimate of drug-likeness (QED) is 0.192. The van der Waals surface area contributed by atoms with Gasteiger partial charge in [-0.05, 0) is 89.3 Å². The Bertz CT molecular complexity index is 2180. The molecular formula is C42H56F3N5O11S. The number of benzene rings is 1. The summed E-state index contributed by atoms with van der Waals surface area (Å²) in [4.78, 5) is 62.3. The fraction of sp³-hybridized carbons (Fsp3) is 0.643. The zero-order chi connectivity index (χ0) is 45.4. The molecule has 16 nitrogen and oxygen atoms in total. The van der Waals surface area contributed by atoms with Gasteiger partial charge in [0.05, 0.1) is 31.2 Å². The summed E-state index contributed by atoms with van der Waals surface area (Å²) >= 11 is 0. The number of alkyl halides is 3. The highest BCUT2D eigenvalue weighted by Crippen LogP contribution is 2.48. The molecule has 0 radical (unpaired) electrons. The number of sulfonamides is 1. The molecule has 3 heterocycles. The number of carbonyl (C=O) groups is 4. The third-order valence-corrected chi connectivity index (χ3v) is 14.6. The first kappa shape index (κ1) is 46.6. The van der Waals surface area contributed by atoms with Crippen molar-refractivity contribution in [3.05, 3.63) is 36.5 Å². The van der Waals surface area contributed by atoms with Crippen molar-refractivity contribution in [2.24, 2.45) is 17.8 Å². The minimum Gasteiger partial charge on any atom is -0.497 e. The van der Waals surface area contributed by atoms with Gasteiger partial charge >= 0.3 is 12.3 Å². The molecule has 1 aromatic carbocycles. The summed E-state index contributed by atoms with van der Waals surface area (Å²) in [5.74, 6) is -2.74. The van der Waals surface area contributed by atoms with Gasteiger partial charge in [0.25, 0.3) is 5.91 Å². The Hall–Kier alpha value is -4.85. The fourth-order valence-electron chi connectivity index (χ4n) is 7.94. The SMILES string of the molecule is COCCOc1cnc(O[C@@H]2C[C@H]3C(=O)N[C@]4(C(=O)NS(=O)(=O)C5(C)CC5)C[C@H]4/C=C\CC[C@H](C)C[C@@H](C)[C@H](NC(=O)OC(C)(C)C(F)(F)F)C(=O)N3C2)c2ccc(OC)cc12. The predicted octanol–water partition coefficient (Wildman–Crippen LogP) is 4.94. The van der Waals surface area contributed by atoms with E-state index in [9.17, 15) is 40.8 Å². The third-order valence-electron chi connectivity index (χ3n) is 12.4. The normalized spacial score (nSPS) is 28.3. The summed E-state index contributed by atoms with van der Waals surface area (Å²) in [6, 6.07) is 2.31. The molecule has 0 unspecified atom stereocenters. The Morgan fingerprint density at radius 3 is 2.45 bits per heavy atom. The minimum atomic E-state index is -4.93. The molecule has 6 rings (SSSR count). The summed E-state index contributed by atoms with van der Waals surface area (Å²) in [5, 5.41) is 6.27. The number of rotatable bonds is 12. The van der Waals surface area contributed by atoms with Crippen molar-refractivity contribution in [3.63, 3.8) is 0 Å². The molecule has 3 fully saturated rings. The lowest BCUT2D eigenvalue weighted by Crippen LogP contribution is -2.59. The van der Waals surface area contributed by atoms with Crippen molar-refractivity contribution in [3.8, 4) is 17.4 Å². The Morgan fingerprint density at radius 2 is 1.79 bits per heavy atom. The molecule has 62 heavy (non-hydrogen) atoms.